The van der Waals surface area contributed by atoms with E-state index in [4.69, 9.17) is 16.6 Å². The molecule has 27 heavy (non-hydrogen) atoms. The summed E-state index contributed by atoms with van der Waals surface area (Å²) in [5.74, 6) is 1.37. The Labute approximate surface area is 166 Å². The summed E-state index contributed by atoms with van der Waals surface area (Å²) in [6.45, 7) is 2.47. The van der Waals surface area contributed by atoms with Gasteiger partial charge in [-0.3, -0.25) is 4.79 Å². The van der Waals surface area contributed by atoms with Crippen LogP contribution in [0.3, 0.4) is 0 Å². The average Bonchev–Trinajstić information content (AvgIpc) is 2.70. The molecule has 3 rings (SSSR count). The zero-order valence-electron chi connectivity index (χ0n) is 16.2. The fourth-order valence-corrected chi connectivity index (χ4v) is 3.97. The van der Waals surface area contributed by atoms with Crippen LogP contribution in [0.4, 0.5) is 5.82 Å². The second kappa shape index (κ2) is 9.38. The number of carbonyl (C=O) groups is 1. The van der Waals surface area contributed by atoms with Crippen LogP contribution in [-0.4, -0.2) is 44.6 Å². The summed E-state index contributed by atoms with van der Waals surface area (Å²) in [6.07, 6.45) is 6.25. The fourth-order valence-electron chi connectivity index (χ4n) is 3.72. The van der Waals surface area contributed by atoms with Gasteiger partial charge in [-0.2, -0.15) is 0 Å². The number of likely N-dealkylation sites (N-methyl/N-ethyl adjacent to an activating group) is 2. The van der Waals surface area contributed by atoms with E-state index in [2.05, 4.69) is 15.5 Å². The smallest absolute Gasteiger partial charge is 0.253 e. The van der Waals surface area contributed by atoms with Crippen LogP contribution in [0.2, 0.25) is 5.02 Å². The van der Waals surface area contributed by atoms with Gasteiger partial charge in [0.1, 0.15) is 5.82 Å². The minimum atomic E-state index is -0.103. The van der Waals surface area contributed by atoms with Crippen molar-refractivity contribution in [3.63, 3.8) is 0 Å². The van der Waals surface area contributed by atoms with Crippen molar-refractivity contribution in [2.24, 2.45) is 5.92 Å². The average molecular weight is 389 g/mol. The van der Waals surface area contributed by atoms with Gasteiger partial charge in [0, 0.05) is 32.1 Å². The number of benzene rings is 1. The quantitative estimate of drug-likeness (QED) is 0.756. The van der Waals surface area contributed by atoms with Crippen LogP contribution in [0.15, 0.2) is 24.3 Å². The maximum atomic E-state index is 12.8. The summed E-state index contributed by atoms with van der Waals surface area (Å²) in [5.41, 5.74) is 1.32. The van der Waals surface area contributed by atoms with Gasteiger partial charge in [0.05, 0.1) is 16.1 Å². The lowest BCUT2D eigenvalue weighted by molar-refractivity contribution is 0.0945. The number of anilines is 1. The van der Waals surface area contributed by atoms with Gasteiger partial charge in [0.15, 0.2) is 0 Å². The van der Waals surface area contributed by atoms with E-state index >= 15 is 0 Å². The lowest BCUT2D eigenvalue weighted by Gasteiger charge is -2.22. The third kappa shape index (κ3) is 4.90. The fraction of sp³-hybridized carbons (Fsp3) is 0.524. The Morgan fingerprint density at radius 3 is 2.74 bits per heavy atom. The highest BCUT2D eigenvalue weighted by atomic mass is 35.5. The van der Waals surface area contributed by atoms with Crippen LogP contribution in [-0.2, 0) is 0 Å². The van der Waals surface area contributed by atoms with E-state index in [1.165, 1.54) is 32.1 Å². The van der Waals surface area contributed by atoms with Crippen molar-refractivity contribution in [2.75, 3.05) is 38.6 Å². The van der Waals surface area contributed by atoms with Gasteiger partial charge in [-0.05, 0) is 50.1 Å². The second-order valence-corrected chi connectivity index (χ2v) is 7.80. The first-order valence-electron chi connectivity index (χ1n) is 9.83. The monoisotopic (exact) mass is 388 g/mol. The molecule has 1 heterocycles. The van der Waals surface area contributed by atoms with E-state index in [9.17, 15) is 4.79 Å². The van der Waals surface area contributed by atoms with E-state index in [0.717, 1.165) is 36.4 Å². The molecule has 0 spiro atoms. The van der Waals surface area contributed by atoms with E-state index in [1.54, 1.807) is 6.07 Å². The highest BCUT2D eigenvalue weighted by Crippen LogP contribution is 2.28. The van der Waals surface area contributed by atoms with Crippen molar-refractivity contribution in [3.8, 4) is 0 Å². The number of pyridine rings is 1. The Morgan fingerprint density at radius 2 is 2.00 bits per heavy atom. The molecule has 1 aliphatic carbocycles. The van der Waals surface area contributed by atoms with Gasteiger partial charge < -0.3 is 15.5 Å². The van der Waals surface area contributed by atoms with Gasteiger partial charge in [0.2, 0.25) is 0 Å². The first kappa shape index (κ1) is 19.9. The molecule has 0 bridgehead atoms. The lowest BCUT2D eigenvalue weighted by Crippen LogP contribution is -2.30. The number of rotatable bonds is 7. The van der Waals surface area contributed by atoms with Crippen molar-refractivity contribution in [3.05, 3.63) is 34.9 Å². The maximum Gasteiger partial charge on any atom is 0.253 e. The van der Waals surface area contributed by atoms with Gasteiger partial charge >= 0.3 is 0 Å². The molecule has 1 fully saturated rings. The van der Waals surface area contributed by atoms with Crippen molar-refractivity contribution >= 4 is 34.2 Å². The van der Waals surface area contributed by atoms with Crippen molar-refractivity contribution < 1.29 is 4.79 Å². The number of hydrogen-bond donors (Lipinski definition) is 2. The zero-order valence-corrected chi connectivity index (χ0v) is 17.0. The molecule has 2 aromatic rings. The number of hydrogen-bond acceptors (Lipinski definition) is 4. The number of carbonyl (C=O) groups excluding carboxylic acids is 1. The Hall–Kier alpha value is -1.85. The van der Waals surface area contributed by atoms with Gasteiger partial charge in [-0.15, -0.1) is 0 Å². The van der Waals surface area contributed by atoms with Crippen LogP contribution in [0.5, 0.6) is 0 Å². The minimum Gasteiger partial charge on any atom is -0.358 e. The molecular weight excluding hydrogens is 360 g/mol. The zero-order chi connectivity index (χ0) is 19.2. The molecule has 1 saturated carbocycles. The highest BCUT2D eigenvalue weighted by molar-refractivity contribution is 6.35. The van der Waals surface area contributed by atoms with E-state index in [-0.39, 0.29) is 5.91 Å². The molecule has 6 heteroatoms. The molecule has 1 aromatic heterocycles. The van der Waals surface area contributed by atoms with Crippen molar-refractivity contribution in [2.45, 2.75) is 32.1 Å². The Bertz CT molecular complexity index is 789. The maximum absolute atomic E-state index is 12.8. The second-order valence-electron chi connectivity index (χ2n) is 7.40. The molecule has 1 aliphatic rings. The number of amides is 1. The Morgan fingerprint density at radius 1 is 1.22 bits per heavy atom. The van der Waals surface area contributed by atoms with E-state index in [0.29, 0.717) is 16.5 Å². The number of fused-ring (bicyclic) bond motifs is 1. The number of halogens is 1. The molecule has 1 amide bonds. The summed E-state index contributed by atoms with van der Waals surface area (Å²) in [4.78, 5) is 19.7. The highest BCUT2D eigenvalue weighted by Gasteiger charge is 2.19. The summed E-state index contributed by atoms with van der Waals surface area (Å²) in [7, 11) is 3.95. The lowest BCUT2D eigenvalue weighted by atomic mass is 9.89. The summed E-state index contributed by atoms with van der Waals surface area (Å²) in [5, 5.41) is 7.51. The molecule has 0 aliphatic heterocycles. The van der Waals surface area contributed by atoms with Crippen LogP contribution < -0.4 is 15.5 Å². The van der Waals surface area contributed by atoms with Crippen LogP contribution in [0, 0.1) is 5.92 Å². The predicted octanol–water partition coefficient (Wildman–Crippen LogP) is 3.85. The summed E-state index contributed by atoms with van der Waals surface area (Å²) >= 11 is 6.38. The van der Waals surface area contributed by atoms with Gasteiger partial charge in [-0.1, -0.05) is 30.9 Å². The molecular formula is C21H29ClN4O. The van der Waals surface area contributed by atoms with Gasteiger partial charge in [0.25, 0.3) is 5.91 Å². The SMILES string of the molecule is CNCCN(C)c1ccc2c(C(=O)NCC3CCCCC3)c(Cl)ccc2n1. The van der Waals surface area contributed by atoms with Crippen molar-refractivity contribution in [1.29, 1.82) is 0 Å². The third-order valence-corrected chi connectivity index (χ3v) is 5.71. The third-order valence-electron chi connectivity index (χ3n) is 5.40. The summed E-state index contributed by atoms with van der Waals surface area (Å²) < 4.78 is 0. The predicted molar refractivity (Wildman–Crippen MR) is 113 cm³/mol. The summed E-state index contributed by atoms with van der Waals surface area (Å²) in [6, 6.07) is 7.55. The Kier molecular flexibility index (Phi) is 6.91. The number of aromatic nitrogens is 1. The van der Waals surface area contributed by atoms with Crippen molar-refractivity contribution in [1.82, 2.24) is 15.6 Å². The molecule has 5 nitrogen and oxygen atoms in total. The topological polar surface area (TPSA) is 57.3 Å². The first-order valence-corrected chi connectivity index (χ1v) is 10.2. The number of nitrogens with one attached hydrogen (secondary N) is 2. The van der Waals surface area contributed by atoms with E-state index in [1.807, 2.05) is 32.3 Å². The molecule has 1 aromatic carbocycles. The normalized spacial score (nSPS) is 15.1. The largest absolute Gasteiger partial charge is 0.358 e. The standard InChI is InChI=1S/C21H29ClN4O/c1-23-12-13-26(2)19-11-8-16-18(25-19)10-9-17(22)20(16)21(27)24-14-15-6-4-3-5-7-15/h8-11,15,23H,3-7,12-14H2,1-2H3,(H,24,27). The molecule has 0 saturated heterocycles. The molecule has 0 radical (unpaired) electrons. The molecule has 146 valence electrons. The number of nitrogens with zero attached hydrogens (tertiary/aromatic N) is 2. The molecule has 0 atom stereocenters. The van der Waals surface area contributed by atoms with Crippen LogP contribution in [0.1, 0.15) is 42.5 Å². The van der Waals surface area contributed by atoms with Gasteiger partial charge in [-0.25, -0.2) is 4.98 Å². The van der Waals surface area contributed by atoms with E-state index < -0.39 is 0 Å². The Balaban J connectivity index is 1.79. The molecule has 2 N–H and O–H groups in total. The van der Waals surface area contributed by atoms with Crippen LogP contribution >= 0.6 is 11.6 Å². The molecule has 0 unspecified atom stereocenters. The van der Waals surface area contributed by atoms with Crippen LogP contribution in [0.25, 0.3) is 10.9 Å². The first-order chi connectivity index (χ1) is 13.1. The minimum absolute atomic E-state index is 0.103.